The molecule has 0 fully saturated rings. The van der Waals surface area contributed by atoms with E-state index in [1.54, 1.807) is 7.05 Å². The summed E-state index contributed by atoms with van der Waals surface area (Å²) in [6.45, 7) is 8.00. The molecule has 2 heterocycles. The fraction of sp³-hybridized carbons (Fsp3) is 0.500. The van der Waals surface area contributed by atoms with Gasteiger partial charge in [-0.05, 0) is 43.9 Å². The number of aliphatic imine (C=N–C) groups is 1. The molecule has 0 spiro atoms. The SMILES string of the molecule is CN=C(NCCCC(=O)N1Cc2ccccc2C1)NCCCn1nc(C)cc1C. The van der Waals surface area contributed by atoms with E-state index >= 15 is 0 Å². The molecule has 1 aliphatic heterocycles. The van der Waals surface area contributed by atoms with Gasteiger partial charge < -0.3 is 15.5 Å². The molecule has 0 aliphatic carbocycles. The molecule has 1 aromatic heterocycles. The molecule has 7 nitrogen and oxygen atoms in total. The fourth-order valence-corrected chi connectivity index (χ4v) is 3.67. The van der Waals surface area contributed by atoms with E-state index in [0.29, 0.717) is 6.42 Å². The molecule has 1 aliphatic rings. The lowest BCUT2D eigenvalue weighted by Crippen LogP contribution is -2.38. The second-order valence-electron chi connectivity index (χ2n) is 7.55. The van der Waals surface area contributed by atoms with E-state index in [2.05, 4.69) is 45.8 Å². The molecule has 1 amide bonds. The predicted molar refractivity (Wildman–Crippen MR) is 116 cm³/mol. The standard InChI is InChI=1S/C22H32N6O/c1-17-14-18(2)28(26-17)13-7-12-25-22(23-3)24-11-6-10-21(29)27-15-19-8-4-5-9-20(19)16-27/h4-5,8-9,14H,6-7,10-13,15-16H2,1-3H3,(H2,23,24,25). The summed E-state index contributed by atoms with van der Waals surface area (Å²) in [5.41, 5.74) is 4.78. The third kappa shape index (κ3) is 5.82. The Morgan fingerprint density at radius 2 is 1.76 bits per heavy atom. The van der Waals surface area contributed by atoms with Crippen LogP contribution in [-0.2, 0) is 24.4 Å². The van der Waals surface area contributed by atoms with Gasteiger partial charge in [0.25, 0.3) is 0 Å². The molecular formula is C22H32N6O. The van der Waals surface area contributed by atoms with Crippen LogP contribution in [0.25, 0.3) is 0 Å². The Morgan fingerprint density at radius 1 is 1.10 bits per heavy atom. The molecule has 3 rings (SSSR count). The van der Waals surface area contributed by atoms with Crippen molar-refractivity contribution in [3.8, 4) is 0 Å². The van der Waals surface area contributed by atoms with E-state index in [1.165, 1.54) is 16.8 Å². The molecule has 29 heavy (non-hydrogen) atoms. The van der Waals surface area contributed by atoms with Gasteiger partial charge in [-0.15, -0.1) is 0 Å². The number of hydrogen-bond acceptors (Lipinski definition) is 3. The zero-order valence-corrected chi connectivity index (χ0v) is 17.7. The number of guanidine groups is 1. The highest BCUT2D eigenvalue weighted by atomic mass is 16.2. The Kier molecular flexibility index (Phi) is 7.27. The van der Waals surface area contributed by atoms with Crippen molar-refractivity contribution in [3.05, 3.63) is 52.8 Å². The van der Waals surface area contributed by atoms with Crippen LogP contribution in [0.4, 0.5) is 0 Å². The van der Waals surface area contributed by atoms with E-state index in [-0.39, 0.29) is 5.91 Å². The summed E-state index contributed by atoms with van der Waals surface area (Å²) in [6, 6.07) is 10.4. The highest BCUT2D eigenvalue weighted by Crippen LogP contribution is 2.22. The normalized spacial score (nSPS) is 13.5. The first-order valence-electron chi connectivity index (χ1n) is 10.4. The minimum Gasteiger partial charge on any atom is -0.356 e. The first kappa shape index (κ1) is 20.9. The molecule has 156 valence electrons. The number of hydrogen-bond donors (Lipinski definition) is 2. The summed E-state index contributed by atoms with van der Waals surface area (Å²) in [7, 11) is 1.77. The average molecular weight is 397 g/mol. The minimum absolute atomic E-state index is 0.218. The highest BCUT2D eigenvalue weighted by Gasteiger charge is 2.22. The van der Waals surface area contributed by atoms with Crippen molar-refractivity contribution >= 4 is 11.9 Å². The van der Waals surface area contributed by atoms with Crippen molar-refractivity contribution in [2.75, 3.05) is 20.1 Å². The predicted octanol–water partition coefficient (Wildman–Crippen LogP) is 2.38. The molecule has 0 saturated heterocycles. The summed E-state index contributed by atoms with van der Waals surface area (Å²) in [5.74, 6) is 0.996. The summed E-state index contributed by atoms with van der Waals surface area (Å²) in [6.07, 6.45) is 2.31. The maximum Gasteiger partial charge on any atom is 0.223 e. The Morgan fingerprint density at radius 3 is 2.34 bits per heavy atom. The fourth-order valence-electron chi connectivity index (χ4n) is 3.67. The smallest absolute Gasteiger partial charge is 0.223 e. The maximum absolute atomic E-state index is 12.4. The van der Waals surface area contributed by atoms with Crippen LogP contribution in [0.5, 0.6) is 0 Å². The molecular weight excluding hydrogens is 364 g/mol. The molecule has 0 saturated carbocycles. The Balaban J connectivity index is 1.29. The van der Waals surface area contributed by atoms with Gasteiger partial charge in [0.15, 0.2) is 5.96 Å². The lowest BCUT2D eigenvalue weighted by Gasteiger charge is -2.16. The van der Waals surface area contributed by atoms with Crippen LogP contribution in [0.2, 0.25) is 0 Å². The largest absolute Gasteiger partial charge is 0.356 e. The monoisotopic (exact) mass is 396 g/mol. The van der Waals surface area contributed by atoms with E-state index < -0.39 is 0 Å². The van der Waals surface area contributed by atoms with Crippen LogP contribution in [-0.4, -0.2) is 46.7 Å². The van der Waals surface area contributed by atoms with Crippen LogP contribution in [0.3, 0.4) is 0 Å². The van der Waals surface area contributed by atoms with Crippen LogP contribution < -0.4 is 10.6 Å². The number of benzene rings is 1. The summed E-state index contributed by atoms with van der Waals surface area (Å²) in [4.78, 5) is 18.6. The first-order valence-corrected chi connectivity index (χ1v) is 10.4. The van der Waals surface area contributed by atoms with Gasteiger partial charge in [0.1, 0.15) is 0 Å². The number of aromatic nitrogens is 2. The number of nitrogens with zero attached hydrogens (tertiary/aromatic N) is 4. The Hall–Kier alpha value is -2.83. The number of fused-ring (bicyclic) bond motifs is 1. The van der Waals surface area contributed by atoms with Crippen molar-refractivity contribution in [2.45, 2.75) is 52.7 Å². The third-order valence-corrected chi connectivity index (χ3v) is 5.22. The number of amides is 1. The molecule has 0 atom stereocenters. The van der Waals surface area contributed by atoms with Crippen LogP contribution >= 0.6 is 0 Å². The van der Waals surface area contributed by atoms with Gasteiger partial charge in [0, 0.05) is 51.9 Å². The average Bonchev–Trinajstić information content (AvgIpc) is 3.29. The quantitative estimate of drug-likeness (QED) is 0.408. The van der Waals surface area contributed by atoms with Crippen molar-refractivity contribution in [1.29, 1.82) is 0 Å². The number of nitrogens with one attached hydrogen (secondary N) is 2. The summed E-state index contributed by atoms with van der Waals surface area (Å²) >= 11 is 0. The van der Waals surface area contributed by atoms with Gasteiger partial charge in [0.05, 0.1) is 5.69 Å². The third-order valence-electron chi connectivity index (χ3n) is 5.22. The minimum atomic E-state index is 0.218. The van der Waals surface area contributed by atoms with Crippen molar-refractivity contribution < 1.29 is 4.79 Å². The van der Waals surface area contributed by atoms with Crippen LogP contribution in [0.15, 0.2) is 35.3 Å². The maximum atomic E-state index is 12.4. The Bertz CT molecular complexity index is 832. The van der Waals surface area contributed by atoms with E-state index in [4.69, 9.17) is 0 Å². The molecule has 2 N–H and O–H groups in total. The van der Waals surface area contributed by atoms with Crippen LogP contribution in [0.1, 0.15) is 41.8 Å². The van der Waals surface area contributed by atoms with Crippen LogP contribution in [0, 0.1) is 13.8 Å². The van der Waals surface area contributed by atoms with Gasteiger partial charge in [-0.2, -0.15) is 5.10 Å². The Labute approximate surface area is 173 Å². The zero-order valence-electron chi connectivity index (χ0n) is 17.7. The van der Waals surface area contributed by atoms with Crippen molar-refractivity contribution in [1.82, 2.24) is 25.3 Å². The molecule has 0 bridgehead atoms. The molecule has 0 radical (unpaired) electrons. The van der Waals surface area contributed by atoms with Gasteiger partial charge in [-0.3, -0.25) is 14.5 Å². The van der Waals surface area contributed by atoms with E-state index in [0.717, 1.165) is 57.2 Å². The van der Waals surface area contributed by atoms with E-state index in [1.807, 2.05) is 28.6 Å². The summed E-state index contributed by atoms with van der Waals surface area (Å²) < 4.78 is 2.04. The highest BCUT2D eigenvalue weighted by molar-refractivity contribution is 5.80. The molecule has 1 aromatic carbocycles. The second-order valence-corrected chi connectivity index (χ2v) is 7.55. The van der Waals surface area contributed by atoms with Gasteiger partial charge in [-0.25, -0.2) is 0 Å². The molecule has 2 aromatic rings. The van der Waals surface area contributed by atoms with Gasteiger partial charge in [0.2, 0.25) is 5.91 Å². The topological polar surface area (TPSA) is 74.6 Å². The first-order chi connectivity index (χ1) is 14.1. The van der Waals surface area contributed by atoms with E-state index in [9.17, 15) is 4.79 Å². The molecule has 7 heteroatoms. The number of carbonyl (C=O) groups excluding carboxylic acids is 1. The zero-order chi connectivity index (χ0) is 20.6. The summed E-state index contributed by atoms with van der Waals surface area (Å²) in [5, 5.41) is 11.1. The second kappa shape index (κ2) is 10.1. The van der Waals surface area contributed by atoms with Gasteiger partial charge in [-0.1, -0.05) is 24.3 Å². The van der Waals surface area contributed by atoms with Gasteiger partial charge >= 0.3 is 0 Å². The molecule has 0 unspecified atom stereocenters. The number of rotatable bonds is 8. The number of aryl methyl sites for hydroxylation is 3. The van der Waals surface area contributed by atoms with Crippen molar-refractivity contribution in [3.63, 3.8) is 0 Å². The number of carbonyl (C=O) groups is 1. The van der Waals surface area contributed by atoms with Crippen molar-refractivity contribution in [2.24, 2.45) is 4.99 Å². The lowest BCUT2D eigenvalue weighted by atomic mass is 10.1. The lowest BCUT2D eigenvalue weighted by molar-refractivity contribution is -0.131.